The number of nitrogens with zero attached hydrogens (tertiary/aromatic N) is 1. The van der Waals surface area contributed by atoms with E-state index in [0.29, 0.717) is 6.04 Å². The summed E-state index contributed by atoms with van der Waals surface area (Å²) in [5, 5.41) is 3.34. The largest absolute Gasteiger partial charge is 0.382 e. The van der Waals surface area contributed by atoms with E-state index >= 15 is 0 Å². The van der Waals surface area contributed by atoms with Gasteiger partial charge in [0.15, 0.2) is 0 Å². The Kier molecular flexibility index (Phi) is 3.77. The Morgan fingerprint density at radius 3 is 2.83 bits per heavy atom. The minimum atomic E-state index is 0.452. The summed E-state index contributed by atoms with van der Waals surface area (Å²) in [6, 6.07) is 2.44. The van der Waals surface area contributed by atoms with Gasteiger partial charge in [0.25, 0.3) is 0 Å². The molecule has 1 heterocycles. The predicted molar refractivity (Wildman–Crippen MR) is 63.4 cm³/mol. The highest BCUT2D eigenvalue weighted by molar-refractivity contribution is 14.1. The molecule has 1 aromatic heterocycles. The van der Waals surface area contributed by atoms with Crippen LogP contribution in [0.5, 0.6) is 0 Å². The molecule has 1 aromatic rings. The first-order chi connectivity index (χ1) is 5.59. The van der Waals surface area contributed by atoms with Crippen molar-refractivity contribution in [2.75, 3.05) is 5.32 Å². The molecule has 4 heteroatoms. The van der Waals surface area contributed by atoms with Crippen molar-refractivity contribution in [3.63, 3.8) is 0 Å². The highest BCUT2D eigenvalue weighted by atomic mass is 127. The monoisotopic (exact) mass is 340 g/mol. The third-order valence-corrected chi connectivity index (χ3v) is 2.56. The average molecular weight is 341 g/mol. The van der Waals surface area contributed by atoms with Gasteiger partial charge in [-0.3, -0.25) is 0 Å². The van der Waals surface area contributed by atoms with Crippen LogP contribution in [0.3, 0.4) is 0 Å². The van der Waals surface area contributed by atoms with Crippen LogP contribution in [0.25, 0.3) is 0 Å². The van der Waals surface area contributed by atoms with E-state index in [9.17, 15) is 0 Å². The second-order valence-corrected chi connectivity index (χ2v) is 4.76. The number of anilines is 1. The molecule has 2 nitrogen and oxygen atoms in total. The van der Waals surface area contributed by atoms with Crippen LogP contribution in [0, 0.1) is 3.57 Å². The van der Waals surface area contributed by atoms with E-state index in [1.807, 2.05) is 12.3 Å². The summed E-state index contributed by atoms with van der Waals surface area (Å²) < 4.78 is 2.01. The van der Waals surface area contributed by atoms with E-state index in [0.717, 1.165) is 13.9 Å². The number of halogens is 2. The van der Waals surface area contributed by atoms with Gasteiger partial charge in [0.1, 0.15) is 4.60 Å². The average Bonchev–Trinajstić information content (AvgIpc) is 1.96. The first-order valence-electron chi connectivity index (χ1n) is 3.67. The molecule has 0 aliphatic heterocycles. The molecule has 0 aromatic carbocycles. The Hall–Kier alpha value is 0.160. The van der Waals surface area contributed by atoms with E-state index in [-0.39, 0.29) is 0 Å². The minimum Gasteiger partial charge on any atom is -0.382 e. The van der Waals surface area contributed by atoms with Gasteiger partial charge in [0.05, 0.1) is 9.26 Å². The van der Waals surface area contributed by atoms with Gasteiger partial charge < -0.3 is 5.32 Å². The van der Waals surface area contributed by atoms with Crippen molar-refractivity contribution in [2.24, 2.45) is 0 Å². The van der Waals surface area contributed by atoms with Gasteiger partial charge in [-0.25, -0.2) is 4.98 Å². The van der Waals surface area contributed by atoms with Crippen LogP contribution in [-0.4, -0.2) is 11.0 Å². The number of hydrogen-bond acceptors (Lipinski definition) is 2. The van der Waals surface area contributed by atoms with Crippen LogP contribution < -0.4 is 5.32 Å². The Morgan fingerprint density at radius 2 is 2.25 bits per heavy atom. The summed E-state index contributed by atoms with van der Waals surface area (Å²) in [6.45, 7) is 4.23. The topological polar surface area (TPSA) is 24.9 Å². The third kappa shape index (κ3) is 2.90. The second-order valence-electron chi connectivity index (χ2n) is 2.79. The molecule has 12 heavy (non-hydrogen) atoms. The summed E-state index contributed by atoms with van der Waals surface area (Å²) in [5.74, 6) is 0. The van der Waals surface area contributed by atoms with E-state index in [4.69, 9.17) is 0 Å². The molecular formula is C8H10BrIN2. The molecule has 0 atom stereocenters. The predicted octanol–water partition coefficient (Wildman–Crippen LogP) is 3.27. The Morgan fingerprint density at radius 1 is 1.58 bits per heavy atom. The van der Waals surface area contributed by atoms with Crippen molar-refractivity contribution in [1.82, 2.24) is 4.98 Å². The van der Waals surface area contributed by atoms with Crippen molar-refractivity contribution in [1.29, 1.82) is 0 Å². The molecule has 0 fully saturated rings. The fourth-order valence-electron chi connectivity index (χ4n) is 0.835. The molecule has 1 rings (SSSR count). The van der Waals surface area contributed by atoms with Crippen LogP contribution in [0.1, 0.15) is 13.8 Å². The molecular weight excluding hydrogens is 331 g/mol. The van der Waals surface area contributed by atoms with Gasteiger partial charge in [0, 0.05) is 12.2 Å². The maximum atomic E-state index is 4.12. The third-order valence-electron chi connectivity index (χ3n) is 1.27. The maximum absolute atomic E-state index is 4.12. The Bertz CT molecular complexity index is 276. The standard InChI is InChI=1S/C8H10BrIN2/c1-5(2)12-7-3-8(9)11-4-6(7)10/h3-5H,1-2H3,(H,11,12). The number of nitrogens with one attached hydrogen (secondary N) is 1. The quantitative estimate of drug-likeness (QED) is 0.660. The van der Waals surface area contributed by atoms with Crippen LogP contribution in [0.2, 0.25) is 0 Å². The lowest BCUT2D eigenvalue weighted by Crippen LogP contribution is -2.10. The van der Waals surface area contributed by atoms with Gasteiger partial charge in [-0.15, -0.1) is 0 Å². The molecule has 66 valence electrons. The molecule has 0 radical (unpaired) electrons. The zero-order valence-electron chi connectivity index (χ0n) is 6.94. The van der Waals surface area contributed by atoms with E-state index in [1.165, 1.54) is 0 Å². The number of hydrogen-bond donors (Lipinski definition) is 1. The lowest BCUT2D eigenvalue weighted by atomic mass is 10.3. The molecule has 0 saturated heterocycles. The van der Waals surface area contributed by atoms with Gasteiger partial charge in [-0.05, 0) is 58.4 Å². The zero-order valence-corrected chi connectivity index (χ0v) is 10.7. The Balaban J connectivity index is 2.90. The SMILES string of the molecule is CC(C)Nc1cc(Br)ncc1I. The van der Waals surface area contributed by atoms with Crippen molar-refractivity contribution >= 4 is 44.2 Å². The van der Waals surface area contributed by atoms with Crippen LogP contribution in [-0.2, 0) is 0 Å². The first-order valence-corrected chi connectivity index (χ1v) is 5.54. The van der Waals surface area contributed by atoms with Crippen molar-refractivity contribution in [3.05, 3.63) is 20.4 Å². The van der Waals surface area contributed by atoms with Gasteiger partial charge in [-0.2, -0.15) is 0 Å². The molecule has 0 saturated carbocycles. The van der Waals surface area contributed by atoms with Gasteiger partial charge in [0.2, 0.25) is 0 Å². The highest BCUT2D eigenvalue weighted by Crippen LogP contribution is 2.21. The van der Waals surface area contributed by atoms with E-state index in [2.05, 4.69) is 62.7 Å². The summed E-state index contributed by atoms with van der Waals surface area (Å²) in [4.78, 5) is 4.12. The number of rotatable bonds is 2. The van der Waals surface area contributed by atoms with Crippen LogP contribution >= 0.6 is 38.5 Å². The molecule has 0 amide bonds. The number of aromatic nitrogens is 1. The summed E-state index contributed by atoms with van der Waals surface area (Å²) in [7, 11) is 0. The summed E-state index contributed by atoms with van der Waals surface area (Å²) >= 11 is 5.60. The second kappa shape index (κ2) is 4.41. The number of pyridine rings is 1. The lowest BCUT2D eigenvalue weighted by molar-refractivity contribution is 0.897. The summed E-state index contributed by atoms with van der Waals surface area (Å²) in [6.07, 6.45) is 1.84. The molecule has 0 spiro atoms. The smallest absolute Gasteiger partial charge is 0.108 e. The van der Waals surface area contributed by atoms with E-state index < -0.39 is 0 Å². The van der Waals surface area contributed by atoms with Gasteiger partial charge >= 0.3 is 0 Å². The Labute approximate surface area is 94.4 Å². The maximum Gasteiger partial charge on any atom is 0.108 e. The van der Waals surface area contributed by atoms with Gasteiger partial charge in [-0.1, -0.05) is 0 Å². The lowest BCUT2D eigenvalue weighted by Gasteiger charge is -2.11. The van der Waals surface area contributed by atoms with Crippen molar-refractivity contribution in [3.8, 4) is 0 Å². The molecule has 0 bridgehead atoms. The van der Waals surface area contributed by atoms with Crippen LogP contribution in [0.15, 0.2) is 16.9 Å². The molecule has 0 aliphatic rings. The molecule has 1 N–H and O–H groups in total. The normalized spacial score (nSPS) is 10.4. The molecule has 0 aliphatic carbocycles. The molecule has 0 unspecified atom stereocenters. The highest BCUT2D eigenvalue weighted by Gasteiger charge is 2.01. The van der Waals surface area contributed by atoms with Crippen molar-refractivity contribution in [2.45, 2.75) is 19.9 Å². The minimum absolute atomic E-state index is 0.452. The zero-order chi connectivity index (χ0) is 9.14. The van der Waals surface area contributed by atoms with Crippen LogP contribution in [0.4, 0.5) is 5.69 Å². The van der Waals surface area contributed by atoms with Crippen molar-refractivity contribution < 1.29 is 0 Å². The fourth-order valence-corrected chi connectivity index (χ4v) is 1.62. The summed E-state index contributed by atoms with van der Waals surface area (Å²) in [5.41, 5.74) is 1.13. The van der Waals surface area contributed by atoms with E-state index in [1.54, 1.807) is 0 Å². The first kappa shape index (κ1) is 10.2. The fraction of sp³-hybridized carbons (Fsp3) is 0.375.